The summed E-state index contributed by atoms with van der Waals surface area (Å²) in [7, 11) is -5.93. The van der Waals surface area contributed by atoms with Crippen LogP contribution in [0.1, 0.15) is 19.3 Å². The van der Waals surface area contributed by atoms with Crippen LogP contribution in [0.4, 0.5) is 0 Å². The van der Waals surface area contributed by atoms with Gasteiger partial charge in [-0.15, -0.1) is 0 Å². The number of ether oxygens (including phenoxy) is 3. The van der Waals surface area contributed by atoms with Gasteiger partial charge in [0.2, 0.25) is 6.41 Å². The van der Waals surface area contributed by atoms with Gasteiger partial charge in [0.05, 0.1) is 25.9 Å². The fourth-order valence-electron chi connectivity index (χ4n) is 3.68. The van der Waals surface area contributed by atoms with E-state index in [2.05, 4.69) is 0 Å². The Labute approximate surface area is 219 Å². The van der Waals surface area contributed by atoms with E-state index < -0.39 is 90.8 Å². The van der Waals surface area contributed by atoms with Crippen molar-refractivity contribution in [2.45, 2.75) is 74.6 Å². The van der Waals surface area contributed by atoms with Crippen molar-refractivity contribution >= 4 is 22.1 Å². The Morgan fingerprint density at radius 1 is 0.842 bits per heavy atom. The van der Waals surface area contributed by atoms with Crippen molar-refractivity contribution in [2.75, 3.05) is 33.9 Å². The molecule has 3 heterocycles. The smallest absolute Gasteiger partial charge is 0.394 e. The molecule has 11 unspecified atom stereocenters. The SMILES string of the molecule is CN(C)C=O.NC1CC(O)C(COP(=O)(O)OC2CC(N)OC2COP(=O)(O)OC2CC(N)OC2CO)O1. The molecule has 0 aromatic rings. The lowest BCUT2D eigenvalue weighted by Crippen LogP contribution is -2.31. The van der Waals surface area contributed by atoms with Crippen molar-refractivity contribution in [3.05, 3.63) is 0 Å². The van der Waals surface area contributed by atoms with Crippen LogP contribution in [0.25, 0.3) is 0 Å². The number of aliphatic hydroxyl groups is 2. The van der Waals surface area contributed by atoms with Crippen LogP contribution >= 0.6 is 15.6 Å². The molecule has 20 heteroatoms. The standard InChI is InChI=1S/C15H31N3O13P2.C3H7NO/c16-13-1-7(20)11(28-13)5-25-32(21,22)31-9-3-15(18)29-12(9)6-26-33(23,24)30-8-2-14(17)27-10(8)4-19;1-4(2)3-5/h7-15,19-20H,1-6,16-18H2,(H,21,22)(H,23,24);3H,1-2H3. The molecular formula is C18H38N4O14P2. The van der Waals surface area contributed by atoms with Gasteiger partial charge in [-0.25, -0.2) is 9.13 Å². The minimum atomic E-state index is -4.66. The summed E-state index contributed by atoms with van der Waals surface area (Å²) in [5.74, 6) is 0. The summed E-state index contributed by atoms with van der Waals surface area (Å²) in [6.07, 6.45) is -7.45. The van der Waals surface area contributed by atoms with Crippen LogP contribution in [0.5, 0.6) is 0 Å². The zero-order chi connectivity index (χ0) is 28.7. The minimum absolute atomic E-state index is 0.0378. The van der Waals surface area contributed by atoms with Crippen LogP contribution < -0.4 is 17.2 Å². The largest absolute Gasteiger partial charge is 0.472 e. The van der Waals surface area contributed by atoms with E-state index in [1.54, 1.807) is 14.1 Å². The highest BCUT2D eigenvalue weighted by atomic mass is 31.2. The third-order valence-electron chi connectivity index (χ3n) is 5.44. The zero-order valence-electron chi connectivity index (χ0n) is 21.0. The lowest BCUT2D eigenvalue weighted by atomic mass is 10.2. The number of rotatable bonds is 12. The molecule has 224 valence electrons. The molecule has 3 rings (SSSR count). The quantitative estimate of drug-likeness (QED) is 0.0889. The van der Waals surface area contributed by atoms with Crippen LogP contribution in [0.3, 0.4) is 0 Å². The molecule has 0 aromatic carbocycles. The molecule has 0 bridgehead atoms. The fraction of sp³-hybridized carbons (Fsp3) is 0.944. The number of carbonyl (C=O) groups is 1. The highest BCUT2D eigenvalue weighted by molar-refractivity contribution is 7.47. The van der Waals surface area contributed by atoms with Gasteiger partial charge in [0.15, 0.2) is 0 Å². The average molecular weight is 596 g/mol. The molecule has 1 amide bonds. The summed E-state index contributed by atoms with van der Waals surface area (Å²) in [6, 6.07) is 0. The first kappa shape index (κ1) is 33.6. The van der Waals surface area contributed by atoms with Gasteiger partial charge in [-0.2, -0.15) is 0 Å². The van der Waals surface area contributed by atoms with Gasteiger partial charge in [-0.05, 0) is 0 Å². The van der Waals surface area contributed by atoms with Crippen LogP contribution in [0, 0.1) is 0 Å². The molecular weight excluding hydrogens is 558 g/mol. The molecule has 11 atom stereocenters. The Morgan fingerprint density at radius 2 is 1.24 bits per heavy atom. The normalized spacial score (nSPS) is 38.2. The Bertz CT molecular complexity index is 843. The maximum Gasteiger partial charge on any atom is 0.472 e. The number of amides is 1. The van der Waals surface area contributed by atoms with Crippen molar-refractivity contribution in [1.82, 2.24) is 4.90 Å². The number of nitrogens with two attached hydrogens (primary N) is 3. The number of carbonyl (C=O) groups excluding carboxylic acids is 1. The Morgan fingerprint density at radius 3 is 1.66 bits per heavy atom. The lowest BCUT2D eigenvalue weighted by molar-refractivity contribution is -0.115. The van der Waals surface area contributed by atoms with Gasteiger partial charge < -0.3 is 56.3 Å². The Balaban J connectivity index is 0.000000926. The van der Waals surface area contributed by atoms with E-state index in [0.29, 0.717) is 0 Å². The molecule has 3 fully saturated rings. The van der Waals surface area contributed by atoms with E-state index in [4.69, 9.17) is 49.5 Å². The predicted octanol–water partition coefficient (Wildman–Crippen LogP) is -2.73. The lowest BCUT2D eigenvalue weighted by Gasteiger charge is -2.24. The van der Waals surface area contributed by atoms with E-state index in [1.807, 2.05) is 0 Å². The number of hydrogen-bond donors (Lipinski definition) is 7. The van der Waals surface area contributed by atoms with E-state index in [9.17, 15) is 33.9 Å². The highest BCUT2D eigenvalue weighted by Gasteiger charge is 2.44. The molecule has 0 radical (unpaired) electrons. The van der Waals surface area contributed by atoms with E-state index >= 15 is 0 Å². The second-order valence-electron chi connectivity index (χ2n) is 8.98. The Hall–Kier alpha value is -0.630. The molecule has 3 aliphatic rings. The summed E-state index contributed by atoms with van der Waals surface area (Å²) in [6.45, 7) is -1.51. The van der Waals surface area contributed by atoms with Crippen molar-refractivity contribution < 1.29 is 66.2 Å². The van der Waals surface area contributed by atoms with Gasteiger partial charge in [0.25, 0.3) is 0 Å². The summed E-state index contributed by atoms with van der Waals surface area (Å²) in [4.78, 5) is 30.9. The molecule has 0 saturated carbocycles. The van der Waals surface area contributed by atoms with Crippen LogP contribution in [0.15, 0.2) is 0 Å². The molecule has 0 aromatic heterocycles. The van der Waals surface area contributed by atoms with Crippen molar-refractivity contribution in [1.29, 1.82) is 0 Å². The van der Waals surface area contributed by atoms with Crippen molar-refractivity contribution in [3.63, 3.8) is 0 Å². The molecule has 38 heavy (non-hydrogen) atoms. The van der Waals surface area contributed by atoms with Gasteiger partial charge in [-0.3, -0.25) is 22.9 Å². The minimum Gasteiger partial charge on any atom is -0.394 e. The van der Waals surface area contributed by atoms with Crippen LogP contribution in [0.2, 0.25) is 0 Å². The average Bonchev–Trinajstić information content (AvgIpc) is 3.45. The third kappa shape index (κ3) is 11.1. The first-order valence-electron chi connectivity index (χ1n) is 11.6. The van der Waals surface area contributed by atoms with E-state index in [0.717, 1.165) is 6.41 Å². The van der Waals surface area contributed by atoms with E-state index in [-0.39, 0.29) is 19.3 Å². The fourth-order valence-corrected chi connectivity index (χ4v) is 5.60. The topological polar surface area (TPSA) is 278 Å². The van der Waals surface area contributed by atoms with Crippen LogP contribution in [-0.2, 0) is 46.2 Å². The first-order valence-corrected chi connectivity index (χ1v) is 14.6. The maximum atomic E-state index is 12.3. The maximum absolute atomic E-state index is 12.3. The molecule has 0 spiro atoms. The number of hydrogen-bond acceptors (Lipinski definition) is 15. The second kappa shape index (κ2) is 14.8. The van der Waals surface area contributed by atoms with Gasteiger partial charge in [0.1, 0.15) is 49.2 Å². The molecule has 3 aliphatic heterocycles. The predicted molar refractivity (Wildman–Crippen MR) is 127 cm³/mol. The van der Waals surface area contributed by atoms with Gasteiger partial charge in [-0.1, -0.05) is 0 Å². The highest BCUT2D eigenvalue weighted by Crippen LogP contribution is 2.50. The second-order valence-corrected chi connectivity index (χ2v) is 11.8. The van der Waals surface area contributed by atoms with Crippen LogP contribution in [-0.4, -0.2) is 121 Å². The van der Waals surface area contributed by atoms with Crippen molar-refractivity contribution in [3.8, 4) is 0 Å². The number of aliphatic hydroxyl groups excluding tert-OH is 2. The number of phosphoric ester groups is 2. The monoisotopic (exact) mass is 596 g/mol. The zero-order valence-corrected chi connectivity index (χ0v) is 22.8. The number of phosphoric acid groups is 2. The van der Waals surface area contributed by atoms with Crippen molar-refractivity contribution in [2.24, 2.45) is 17.2 Å². The Kier molecular flexibility index (Phi) is 13.1. The summed E-state index contributed by atoms with van der Waals surface area (Å²) >= 11 is 0. The summed E-state index contributed by atoms with van der Waals surface area (Å²) in [5.41, 5.74) is 16.8. The first-order chi connectivity index (χ1) is 17.6. The summed E-state index contributed by atoms with van der Waals surface area (Å²) < 4.78 is 60.2. The molecule has 3 saturated heterocycles. The molecule has 10 N–H and O–H groups in total. The van der Waals surface area contributed by atoms with Gasteiger partial charge >= 0.3 is 15.6 Å². The van der Waals surface area contributed by atoms with E-state index in [1.165, 1.54) is 4.90 Å². The summed E-state index contributed by atoms with van der Waals surface area (Å²) in [5, 5.41) is 19.0. The molecule has 18 nitrogen and oxygen atoms in total. The third-order valence-corrected chi connectivity index (χ3v) is 7.47. The molecule has 0 aliphatic carbocycles. The number of nitrogens with zero attached hydrogens (tertiary/aromatic N) is 1. The van der Waals surface area contributed by atoms with Gasteiger partial charge in [0, 0.05) is 33.4 Å².